The molecule has 2 N–H and O–H groups in total. The van der Waals surface area contributed by atoms with Crippen LogP contribution < -0.4 is 0 Å². The predicted octanol–water partition coefficient (Wildman–Crippen LogP) is 1.67. The summed E-state index contributed by atoms with van der Waals surface area (Å²) in [7, 11) is -2.74. The van der Waals surface area contributed by atoms with Gasteiger partial charge in [-0.2, -0.15) is 4.31 Å². The molecule has 146 valence electrons. The number of esters is 1. The Morgan fingerprint density at radius 3 is 2.11 bits per heavy atom. The Morgan fingerprint density at radius 1 is 1.07 bits per heavy atom. The number of aliphatic hydroxyl groups is 2. The van der Waals surface area contributed by atoms with Crippen molar-refractivity contribution in [3.63, 3.8) is 0 Å². The van der Waals surface area contributed by atoms with Crippen LogP contribution in [0.3, 0.4) is 0 Å². The second-order valence-electron chi connectivity index (χ2n) is 5.71. The molecule has 27 heavy (non-hydrogen) atoms. The molecule has 0 saturated heterocycles. The number of hydrogen-bond donors (Lipinski definition) is 2. The molecular formula is C18H20ClNO6S. The van der Waals surface area contributed by atoms with Crippen molar-refractivity contribution < 1.29 is 28.2 Å². The fraction of sp³-hybridized carbons (Fsp3) is 0.278. The fourth-order valence-corrected chi connectivity index (χ4v) is 4.16. The number of ether oxygens (including phenoxy) is 1. The second-order valence-corrected chi connectivity index (χ2v) is 8.04. The zero-order valence-corrected chi connectivity index (χ0v) is 16.2. The van der Waals surface area contributed by atoms with Crippen molar-refractivity contribution in [2.75, 3.05) is 20.3 Å². The van der Waals surface area contributed by atoms with Gasteiger partial charge in [-0.3, -0.25) is 0 Å². The van der Waals surface area contributed by atoms with Crippen molar-refractivity contribution in [3.8, 4) is 0 Å². The van der Waals surface area contributed by atoms with Crippen molar-refractivity contribution in [3.05, 3.63) is 64.7 Å². The van der Waals surface area contributed by atoms with Gasteiger partial charge in [-0.25, -0.2) is 13.2 Å². The fourth-order valence-electron chi connectivity index (χ4n) is 2.44. The molecule has 0 aromatic heterocycles. The number of hydrogen-bond acceptors (Lipinski definition) is 6. The Morgan fingerprint density at radius 2 is 1.63 bits per heavy atom. The van der Waals surface area contributed by atoms with E-state index in [1.807, 2.05) is 0 Å². The van der Waals surface area contributed by atoms with Gasteiger partial charge in [0.1, 0.15) is 0 Å². The summed E-state index contributed by atoms with van der Waals surface area (Å²) < 4.78 is 31.7. The number of benzene rings is 2. The van der Waals surface area contributed by atoms with Crippen LogP contribution in [0.5, 0.6) is 0 Å². The summed E-state index contributed by atoms with van der Waals surface area (Å²) in [6.07, 6.45) is 0. The van der Waals surface area contributed by atoms with Gasteiger partial charge in [0, 0.05) is 11.6 Å². The van der Waals surface area contributed by atoms with Crippen LogP contribution in [-0.4, -0.2) is 55.3 Å². The Bertz CT molecular complexity index is 864. The summed E-state index contributed by atoms with van der Waals surface area (Å²) in [5.41, 5.74) is 0.904. The van der Waals surface area contributed by atoms with Gasteiger partial charge in [0.25, 0.3) is 0 Å². The molecule has 9 heteroatoms. The first-order chi connectivity index (χ1) is 12.8. The summed E-state index contributed by atoms with van der Waals surface area (Å²) >= 11 is 5.81. The molecule has 0 unspecified atom stereocenters. The van der Waals surface area contributed by atoms with Crippen molar-refractivity contribution in [2.24, 2.45) is 0 Å². The first-order valence-corrected chi connectivity index (χ1v) is 9.81. The van der Waals surface area contributed by atoms with E-state index in [4.69, 9.17) is 11.6 Å². The molecule has 0 bridgehead atoms. The number of nitrogens with zero attached hydrogens (tertiary/aromatic N) is 1. The van der Waals surface area contributed by atoms with Gasteiger partial charge in [0.2, 0.25) is 10.0 Å². The average molecular weight is 414 g/mol. The minimum absolute atomic E-state index is 0.00928. The highest BCUT2D eigenvalue weighted by Crippen LogP contribution is 2.23. The van der Waals surface area contributed by atoms with Gasteiger partial charge >= 0.3 is 5.97 Å². The molecule has 0 aliphatic rings. The standard InChI is InChI=1S/C18H20ClNO6S/c1-26-18(23)14-4-2-13(3-5-14)10-20(16(11-21)12-22)27(24,25)17-8-6-15(19)7-9-17/h2-9,16,21-22H,10-12H2,1H3. The third kappa shape index (κ3) is 5.06. The first-order valence-electron chi connectivity index (χ1n) is 8.00. The highest BCUT2D eigenvalue weighted by Gasteiger charge is 2.31. The molecule has 0 spiro atoms. The highest BCUT2D eigenvalue weighted by atomic mass is 35.5. The quantitative estimate of drug-likeness (QED) is 0.638. The van der Waals surface area contributed by atoms with Crippen LogP contribution in [0.1, 0.15) is 15.9 Å². The van der Waals surface area contributed by atoms with Crippen LogP contribution in [0.15, 0.2) is 53.4 Å². The van der Waals surface area contributed by atoms with Crippen LogP contribution in [0.2, 0.25) is 5.02 Å². The Hall–Kier alpha value is -1.97. The van der Waals surface area contributed by atoms with Crippen molar-refractivity contribution in [1.82, 2.24) is 4.31 Å². The minimum atomic E-state index is -4.01. The smallest absolute Gasteiger partial charge is 0.337 e. The first kappa shape index (κ1) is 21.3. The number of rotatable bonds is 8. The van der Waals surface area contributed by atoms with Gasteiger partial charge in [0.15, 0.2) is 0 Å². The van der Waals surface area contributed by atoms with Gasteiger partial charge in [-0.1, -0.05) is 23.7 Å². The van der Waals surface area contributed by atoms with E-state index < -0.39 is 35.2 Å². The summed E-state index contributed by atoms with van der Waals surface area (Å²) in [6.45, 7) is -1.20. The van der Waals surface area contributed by atoms with Crippen LogP contribution in [-0.2, 0) is 21.3 Å². The van der Waals surface area contributed by atoms with E-state index in [0.717, 1.165) is 4.31 Å². The number of aliphatic hydroxyl groups excluding tert-OH is 2. The molecule has 2 rings (SSSR count). The zero-order valence-electron chi connectivity index (χ0n) is 14.6. The molecule has 2 aromatic carbocycles. The molecule has 7 nitrogen and oxygen atoms in total. The third-order valence-electron chi connectivity index (χ3n) is 3.96. The van der Waals surface area contributed by atoms with Crippen molar-refractivity contribution >= 4 is 27.6 Å². The van der Waals surface area contributed by atoms with E-state index >= 15 is 0 Å². The van der Waals surface area contributed by atoms with Gasteiger partial charge in [-0.05, 0) is 42.0 Å². The molecule has 2 aromatic rings. The van der Waals surface area contributed by atoms with E-state index in [2.05, 4.69) is 4.74 Å². The lowest BCUT2D eigenvalue weighted by molar-refractivity contribution is 0.0600. The molecule has 0 heterocycles. The van der Waals surface area contributed by atoms with E-state index in [0.29, 0.717) is 16.1 Å². The molecule has 0 amide bonds. The summed E-state index contributed by atoms with van der Waals surface area (Å²) in [6, 6.07) is 10.8. The van der Waals surface area contributed by atoms with Crippen LogP contribution in [0.25, 0.3) is 0 Å². The summed E-state index contributed by atoms with van der Waals surface area (Å²) in [4.78, 5) is 11.5. The van der Waals surface area contributed by atoms with E-state index in [1.165, 1.54) is 43.5 Å². The predicted molar refractivity (Wildman–Crippen MR) is 99.9 cm³/mol. The van der Waals surface area contributed by atoms with Crippen LogP contribution >= 0.6 is 11.6 Å². The SMILES string of the molecule is COC(=O)c1ccc(CN(C(CO)CO)S(=O)(=O)c2ccc(Cl)cc2)cc1. The largest absolute Gasteiger partial charge is 0.465 e. The number of sulfonamides is 1. The minimum Gasteiger partial charge on any atom is -0.465 e. The number of halogens is 1. The Labute approximate surface area is 162 Å². The van der Waals surface area contributed by atoms with Gasteiger partial charge in [0.05, 0.1) is 36.8 Å². The number of carbonyl (C=O) groups is 1. The monoisotopic (exact) mass is 413 g/mol. The third-order valence-corrected chi connectivity index (χ3v) is 6.13. The maximum absolute atomic E-state index is 13.0. The molecule has 0 radical (unpaired) electrons. The van der Waals surface area contributed by atoms with Crippen molar-refractivity contribution in [1.29, 1.82) is 0 Å². The van der Waals surface area contributed by atoms with E-state index in [1.54, 1.807) is 12.1 Å². The Balaban J connectivity index is 2.37. The van der Waals surface area contributed by atoms with Crippen molar-refractivity contribution in [2.45, 2.75) is 17.5 Å². The maximum atomic E-state index is 13.0. The lowest BCUT2D eigenvalue weighted by atomic mass is 10.1. The zero-order chi connectivity index (χ0) is 20.0. The molecule has 0 aliphatic heterocycles. The Kier molecular flexibility index (Phi) is 7.34. The van der Waals surface area contributed by atoms with Crippen LogP contribution in [0, 0.1) is 0 Å². The normalized spacial score (nSPS) is 11.8. The topological polar surface area (TPSA) is 104 Å². The molecule has 0 atom stereocenters. The van der Waals surface area contributed by atoms with Gasteiger partial charge in [-0.15, -0.1) is 0 Å². The molecule has 0 fully saturated rings. The summed E-state index contributed by atoms with van der Waals surface area (Å²) in [5, 5.41) is 19.4. The summed E-state index contributed by atoms with van der Waals surface area (Å²) in [5.74, 6) is -0.504. The maximum Gasteiger partial charge on any atom is 0.337 e. The highest BCUT2D eigenvalue weighted by molar-refractivity contribution is 7.89. The van der Waals surface area contributed by atoms with Crippen LogP contribution in [0.4, 0.5) is 0 Å². The molecular weight excluding hydrogens is 394 g/mol. The lowest BCUT2D eigenvalue weighted by Crippen LogP contribution is -2.44. The number of carbonyl (C=O) groups excluding carboxylic acids is 1. The van der Waals surface area contributed by atoms with E-state index in [9.17, 15) is 23.4 Å². The molecule has 0 saturated carbocycles. The number of methoxy groups -OCH3 is 1. The lowest BCUT2D eigenvalue weighted by Gasteiger charge is -2.28. The second kappa shape index (κ2) is 9.29. The average Bonchev–Trinajstić information content (AvgIpc) is 2.68. The van der Waals surface area contributed by atoms with E-state index in [-0.39, 0.29) is 11.4 Å². The molecule has 0 aliphatic carbocycles. The van der Waals surface area contributed by atoms with Gasteiger partial charge < -0.3 is 14.9 Å².